The van der Waals surface area contributed by atoms with E-state index in [1.807, 2.05) is 13.8 Å². The molecule has 0 aliphatic rings. The molecule has 0 fully saturated rings. The molecule has 1 amide bonds. The molecule has 0 aliphatic carbocycles. The van der Waals surface area contributed by atoms with Crippen LogP contribution in [0.4, 0.5) is 0 Å². The zero-order valence-electron chi connectivity index (χ0n) is 14.7. The maximum atomic E-state index is 12.0. The SMILES string of the molecule is COc1cc(OC)cc(OCCCN(C)C(=O)[C@@H](N)C(C)C)c1. The van der Waals surface area contributed by atoms with E-state index >= 15 is 0 Å². The van der Waals surface area contributed by atoms with Crippen molar-refractivity contribution in [2.75, 3.05) is 34.4 Å². The fraction of sp³-hybridized carbons (Fsp3) is 0.588. The summed E-state index contributed by atoms with van der Waals surface area (Å²) in [5.74, 6) is 2.12. The molecule has 1 atom stereocenters. The molecule has 6 nitrogen and oxygen atoms in total. The maximum Gasteiger partial charge on any atom is 0.239 e. The molecule has 130 valence electrons. The molecule has 0 radical (unpaired) electrons. The first-order valence-corrected chi connectivity index (χ1v) is 7.75. The van der Waals surface area contributed by atoms with Crippen LogP contribution in [0, 0.1) is 5.92 Å². The predicted octanol–water partition coefficient (Wildman–Crippen LogP) is 1.91. The summed E-state index contributed by atoms with van der Waals surface area (Å²) in [7, 11) is 4.95. The minimum Gasteiger partial charge on any atom is -0.496 e. The molecule has 0 saturated carbocycles. The number of hydrogen-bond donors (Lipinski definition) is 1. The van der Waals surface area contributed by atoms with Crippen molar-refractivity contribution in [3.63, 3.8) is 0 Å². The van der Waals surface area contributed by atoms with Gasteiger partial charge in [0, 0.05) is 31.8 Å². The van der Waals surface area contributed by atoms with Gasteiger partial charge in [0.15, 0.2) is 0 Å². The highest BCUT2D eigenvalue weighted by atomic mass is 16.5. The lowest BCUT2D eigenvalue weighted by atomic mass is 10.0. The number of carbonyl (C=O) groups is 1. The van der Waals surface area contributed by atoms with Crippen molar-refractivity contribution in [1.29, 1.82) is 0 Å². The standard InChI is InChI=1S/C17H28N2O4/c1-12(2)16(18)17(20)19(3)7-6-8-23-15-10-13(21-4)9-14(11-15)22-5/h9-12,16H,6-8,18H2,1-5H3/t16-/m0/s1. The zero-order valence-corrected chi connectivity index (χ0v) is 14.7. The summed E-state index contributed by atoms with van der Waals surface area (Å²) >= 11 is 0. The maximum absolute atomic E-state index is 12.0. The third-order valence-electron chi connectivity index (χ3n) is 3.61. The number of ether oxygens (including phenoxy) is 3. The van der Waals surface area contributed by atoms with Gasteiger partial charge in [-0.25, -0.2) is 0 Å². The van der Waals surface area contributed by atoms with E-state index in [2.05, 4.69) is 0 Å². The molecule has 0 unspecified atom stereocenters. The van der Waals surface area contributed by atoms with Crippen molar-refractivity contribution in [1.82, 2.24) is 4.90 Å². The fourth-order valence-corrected chi connectivity index (χ4v) is 2.01. The smallest absolute Gasteiger partial charge is 0.239 e. The number of nitrogens with two attached hydrogens (primary N) is 1. The minimum atomic E-state index is -0.455. The van der Waals surface area contributed by atoms with Gasteiger partial charge in [-0.15, -0.1) is 0 Å². The lowest BCUT2D eigenvalue weighted by molar-refractivity contribution is -0.132. The summed E-state index contributed by atoms with van der Waals surface area (Å²) in [4.78, 5) is 13.7. The quantitative estimate of drug-likeness (QED) is 0.703. The number of likely N-dealkylation sites (N-methyl/N-ethyl adjacent to an activating group) is 1. The van der Waals surface area contributed by atoms with Crippen LogP contribution in [-0.2, 0) is 4.79 Å². The van der Waals surface area contributed by atoms with E-state index in [4.69, 9.17) is 19.9 Å². The van der Waals surface area contributed by atoms with Crippen LogP contribution in [0.3, 0.4) is 0 Å². The van der Waals surface area contributed by atoms with Gasteiger partial charge >= 0.3 is 0 Å². The second kappa shape index (κ2) is 9.25. The Morgan fingerprint density at radius 1 is 1.13 bits per heavy atom. The second-order valence-corrected chi connectivity index (χ2v) is 5.78. The number of methoxy groups -OCH3 is 2. The zero-order chi connectivity index (χ0) is 17.4. The number of carbonyl (C=O) groups excluding carboxylic acids is 1. The molecule has 0 aromatic heterocycles. The Hall–Kier alpha value is -1.95. The van der Waals surface area contributed by atoms with Crippen molar-refractivity contribution >= 4 is 5.91 Å². The van der Waals surface area contributed by atoms with E-state index in [1.165, 1.54) is 0 Å². The van der Waals surface area contributed by atoms with Gasteiger partial charge in [-0.3, -0.25) is 4.79 Å². The Kier molecular flexibility index (Phi) is 7.68. The molecule has 1 aromatic carbocycles. The Balaban J connectivity index is 2.44. The normalized spacial score (nSPS) is 12.0. The van der Waals surface area contributed by atoms with E-state index in [0.717, 1.165) is 0 Å². The number of nitrogens with zero attached hydrogens (tertiary/aromatic N) is 1. The van der Waals surface area contributed by atoms with E-state index in [0.29, 0.717) is 36.8 Å². The summed E-state index contributed by atoms with van der Waals surface area (Å²) in [6.07, 6.45) is 0.715. The van der Waals surface area contributed by atoms with Crippen LogP contribution < -0.4 is 19.9 Å². The molecule has 1 aromatic rings. The summed E-state index contributed by atoms with van der Waals surface area (Å²) in [6.45, 7) is 4.97. The highest BCUT2D eigenvalue weighted by molar-refractivity contribution is 5.81. The van der Waals surface area contributed by atoms with Crippen LogP contribution >= 0.6 is 0 Å². The van der Waals surface area contributed by atoms with Crippen molar-refractivity contribution in [2.45, 2.75) is 26.3 Å². The van der Waals surface area contributed by atoms with Crippen molar-refractivity contribution in [3.8, 4) is 17.2 Å². The van der Waals surface area contributed by atoms with Gasteiger partial charge in [0.2, 0.25) is 5.91 Å². The van der Waals surface area contributed by atoms with Crippen LogP contribution in [0.2, 0.25) is 0 Å². The van der Waals surface area contributed by atoms with E-state index in [1.54, 1.807) is 44.4 Å². The summed E-state index contributed by atoms with van der Waals surface area (Å²) in [5.41, 5.74) is 5.87. The Labute approximate surface area is 138 Å². The Morgan fingerprint density at radius 2 is 1.65 bits per heavy atom. The molecule has 0 saturated heterocycles. The lowest BCUT2D eigenvalue weighted by Gasteiger charge is -2.23. The first-order valence-electron chi connectivity index (χ1n) is 7.75. The third kappa shape index (κ3) is 5.98. The first kappa shape index (κ1) is 19.1. The summed E-state index contributed by atoms with van der Waals surface area (Å²) in [6, 6.07) is 4.92. The van der Waals surface area contributed by atoms with Crippen molar-refractivity contribution in [2.24, 2.45) is 11.7 Å². The molecule has 1 rings (SSSR count). The molecular formula is C17H28N2O4. The van der Waals surface area contributed by atoms with Gasteiger partial charge < -0.3 is 24.8 Å². The monoisotopic (exact) mass is 324 g/mol. The number of amides is 1. The highest BCUT2D eigenvalue weighted by Gasteiger charge is 2.20. The van der Waals surface area contributed by atoms with Crippen molar-refractivity contribution < 1.29 is 19.0 Å². The topological polar surface area (TPSA) is 74.0 Å². The van der Waals surface area contributed by atoms with E-state index < -0.39 is 6.04 Å². The predicted molar refractivity (Wildman–Crippen MR) is 90.1 cm³/mol. The van der Waals surface area contributed by atoms with E-state index in [9.17, 15) is 4.79 Å². The Morgan fingerprint density at radius 3 is 2.13 bits per heavy atom. The highest BCUT2D eigenvalue weighted by Crippen LogP contribution is 2.27. The molecule has 2 N–H and O–H groups in total. The molecular weight excluding hydrogens is 296 g/mol. The van der Waals surface area contributed by atoms with Gasteiger partial charge in [-0.2, -0.15) is 0 Å². The van der Waals surface area contributed by atoms with Gasteiger partial charge in [0.05, 0.1) is 26.9 Å². The summed E-state index contributed by atoms with van der Waals surface area (Å²) in [5, 5.41) is 0. The molecule has 0 spiro atoms. The van der Waals surface area contributed by atoms with Crippen LogP contribution in [-0.4, -0.2) is 51.3 Å². The molecule has 0 heterocycles. The van der Waals surface area contributed by atoms with Gasteiger partial charge in [0.1, 0.15) is 17.2 Å². The van der Waals surface area contributed by atoms with Gasteiger partial charge in [-0.1, -0.05) is 13.8 Å². The lowest BCUT2D eigenvalue weighted by Crippen LogP contribution is -2.45. The number of hydrogen-bond acceptors (Lipinski definition) is 5. The van der Waals surface area contributed by atoms with Crippen LogP contribution in [0.25, 0.3) is 0 Å². The minimum absolute atomic E-state index is 0.0388. The van der Waals surface area contributed by atoms with Gasteiger partial charge in [-0.05, 0) is 12.3 Å². The van der Waals surface area contributed by atoms with E-state index in [-0.39, 0.29) is 11.8 Å². The average Bonchev–Trinajstić information content (AvgIpc) is 2.56. The van der Waals surface area contributed by atoms with Crippen LogP contribution in [0.5, 0.6) is 17.2 Å². The fourth-order valence-electron chi connectivity index (χ4n) is 2.01. The average molecular weight is 324 g/mol. The first-order chi connectivity index (χ1) is 10.9. The Bertz CT molecular complexity index is 483. The second-order valence-electron chi connectivity index (χ2n) is 5.78. The molecule has 0 bridgehead atoms. The van der Waals surface area contributed by atoms with Gasteiger partial charge in [0.25, 0.3) is 0 Å². The number of benzene rings is 1. The largest absolute Gasteiger partial charge is 0.496 e. The number of rotatable bonds is 9. The van der Waals surface area contributed by atoms with Crippen LogP contribution in [0.1, 0.15) is 20.3 Å². The van der Waals surface area contributed by atoms with Crippen molar-refractivity contribution in [3.05, 3.63) is 18.2 Å². The summed E-state index contributed by atoms with van der Waals surface area (Å²) < 4.78 is 16.1. The molecule has 23 heavy (non-hydrogen) atoms. The third-order valence-corrected chi connectivity index (χ3v) is 3.61. The molecule has 0 aliphatic heterocycles. The van der Waals surface area contributed by atoms with Crippen LogP contribution in [0.15, 0.2) is 18.2 Å². The molecule has 6 heteroatoms.